The maximum Gasteiger partial charge on any atom is 0.238 e. The maximum atomic E-state index is 9.49. The zero-order valence-electron chi connectivity index (χ0n) is 33.7. The topological polar surface area (TPSA) is 61.7 Å². The van der Waals surface area contributed by atoms with Gasteiger partial charge in [0.2, 0.25) is 5.95 Å². The smallest absolute Gasteiger partial charge is 0.238 e. The third-order valence-electron chi connectivity index (χ3n) is 9.50. The Morgan fingerprint density at radius 2 is 1.00 bits per heavy atom. The van der Waals surface area contributed by atoms with Crippen LogP contribution in [0.1, 0.15) is 9.60 Å². The van der Waals surface area contributed by atoms with Gasteiger partial charge in [0.1, 0.15) is 5.58 Å². The second-order valence-corrected chi connectivity index (χ2v) is 12.3. The van der Waals surface area contributed by atoms with Crippen LogP contribution in [0.2, 0.25) is 0 Å². The fraction of sp³-hybridized carbons (Fsp3) is 0. The molecule has 0 fully saturated rings. The molecule has 0 radical (unpaired) electrons. The molecular weight excluding hydrogens is 627 g/mol. The number of furan rings is 1. The molecule has 0 unspecified atom stereocenters. The van der Waals surface area contributed by atoms with Crippen molar-refractivity contribution >= 4 is 65.6 Å². The van der Waals surface area contributed by atoms with Gasteiger partial charge in [0.25, 0.3) is 0 Å². The lowest BCUT2D eigenvalue weighted by Crippen LogP contribution is -2.07. The van der Waals surface area contributed by atoms with Crippen LogP contribution < -0.4 is 0 Å². The standard InChI is InChI=1S/C45H27N5O/c1-3-14-28(15-4-1)43-46-44(29-16-5-2-6-17-29)48-45(47-43)50-37-23-11-8-19-31(37)34-27-26-33-30-18-7-10-22-36(30)49(40(33)41(34)50)38-24-13-21-35-32-20-9-12-25-39(32)51-42(35)38/h1-27H/i9D,12D,13D,20D,21D,24D,25D. The zero-order chi connectivity index (χ0) is 39.6. The lowest BCUT2D eigenvalue weighted by atomic mass is 10.1. The molecule has 11 aromatic rings. The normalized spacial score (nSPS) is 13.8. The molecule has 0 saturated carbocycles. The highest BCUT2D eigenvalue weighted by atomic mass is 16.3. The summed E-state index contributed by atoms with van der Waals surface area (Å²) in [6.45, 7) is 0. The van der Waals surface area contributed by atoms with Gasteiger partial charge in [-0.15, -0.1) is 0 Å². The van der Waals surface area contributed by atoms with E-state index in [4.69, 9.17) is 27.6 Å². The molecule has 6 heteroatoms. The van der Waals surface area contributed by atoms with Crippen molar-refractivity contribution in [1.82, 2.24) is 24.1 Å². The summed E-state index contributed by atoms with van der Waals surface area (Å²) in [6.07, 6.45) is 0. The first kappa shape index (κ1) is 21.8. The van der Waals surface area contributed by atoms with Gasteiger partial charge in [-0.2, -0.15) is 9.97 Å². The summed E-state index contributed by atoms with van der Waals surface area (Å²) >= 11 is 0. The molecule has 11 rings (SSSR count). The first-order valence-electron chi connectivity index (χ1n) is 20.0. The third-order valence-corrected chi connectivity index (χ3v) is 9.50. The molecule has 6 nitrogen and oxygen atoms in total. The zero-order valence-corrected chi connectivity index (χ0v) is 26.7. The van der Waals surface area contributed by atoms with Crippen LogP contribution in [0.4, 0.5) is 0 Å². The molecule has 0 saturated heterocycles. The minimum absolute atomic E-state index is 0.00662. The molecule has 7 aromatic carbocycles. The summed E-state index contributed by atoms with van der Waals surface area (Å²) in [5, 5.41) is 3.48. The maximum absolute atomic E-state index is 9.49. The Bertz CT molecular complexity index is 3490. The Kier molecular flexibility index (Phi) is 4.59. The van der Waals surface area contributed by atoms with Crippen LogP contribution in [0.25, 0.3) is 100.0 Å². The molecular formula is C45H27N5O. The van der Waals surface area contributed by atoms with Gasteiger partial charge in [0.15, 0.2) is 17.2 Å². The van der Waals surface area contributed by atoms with Gasteiger partial charge >= 0.3 is 0 Å². The van der Waals surface area contributed by atoms with E-state index >= 15 is 0 Å². The van der Waals surface area contributed by atoms with Gasteiger partial charge < -0.3 is 8.98 Å². The summed E-state index contributed by atoms with van der Waals surface area (Å²) in [7, 11) is 0. The first-order valence-corrected chi connectivity index (χ1v) is 16.5. The van der Waals surface area contributed by atoms with Crippen LogP contribution >= 0.6 is 0 Å². The number of para-hydroxylation sites is 4. The molecule has 4 aromatic heterocycles. The lowest BCUT2D eigenvalue weighted by Gasteiger charge is -2.13. The molecule has 0 aliphatic heterocycles. The first-order chi connectivity index (χ1) is 28.2. The minimum Gasteiger partial charge on any atom is -0.454 e. The van der Waals surface area contributed by atoms with E-state index in [2.05, 4.69) is 6.07 Å². The number of nitrogens with zero attached hydrogens (tertiary/aromatic N) is 5. The number of hydrogen-bond donors (Lipinski definition) is 0. The number of aromatic nitrogens is 5. The van der Waals surface area contributed by atoms with Gasteiger partial charge in [-0.1, -0.05) is 139 Å². The highest BCUT2D eigenvalue weighted by Crippen LogP contribution is 2.43. The van der Waals surface area contributed by atoms with Crippen molar-refractivity contribution in [2.45, 2.75) is 0 Å². The van der Waals surface area contributed by atoms with Gasteiger partial charge in [-0.3, -0.25) is 4.57 Å². The van der Waals surface area contributed by atoms with E-state index < -0.39 is 24.2 Å². The fourth-order valence-electron chi connectivity index (χ4n) is 7.31. The predicted molar refractivity (Wildman–Crippen MR) is 207 cm³/mol. The summed E-state index contributed by atoms with van der Waals surface area (Å²) in [5.74, 6) is 1.31. The second kappa shape index (κ2) is 10.7. The molecule has 0 aliphatic carbocycles. The summed E-state index contributed by atoms with van der Waals surface area (Å²) in [5.41, 5.74) is 4.45. The van der Waals surface area contributed by atoms with Crippen LogP contribution in [-0.4, -0.2) is 24.1 Å². The van der Waals surface area contributed by atoms with Crippen LogP contribution in [-0.2, 0) is 0 Å². The molecule has 4 heterocycles. The summed E-state index contributed by atoms with van der Waals surface area (Å²) in [6, 6.07) is 36.4. The van der Waals surface area contributed by atoms with Gasteiger partial charge in [-0.05, 0) is 24.2 Å². The van der Waals surface area contributed by atoms with Crippen LogP contribution in [0.3, 0.4) is 0 Å². The third kappa shape index (κ3) is 4.07. The number of rotatable bonds is 4. The molecule has 0 spiro atoms. The fourth-order valence-corrected chi connectivity index (χ4v) is 7.31. The number of hydrogen-bond acceptors (Lipinski definition) is 4. The number of fused-ring (bicyclic) bond motifs is 10. The van der Waals surface area contributed by atoms with Crippen molar-refractivity contribution in [1.29, 1.82) is 0 Å². The average molecular weight is 661 g/mol. The van der Waals surface area contributed by atoms with Crippen molar-refractivity contribution in [3.63, 3.8) is 0 Å². The summed E-state index contributed by atoms with van der Waals surface area (Å²) < 4.78 is 72.3. The van der Waals surface area contributed by atoms with E-state index in [1.165, 1.54) is 0 Å². The van der Waals surface area contributed by atoms with E-state index in [9.17, 15) is 1.37 Å². The van der Waals surface area contributed by atoms with Gasteiger partial charge in [0, 0.05) is 43.4 Å². The molecule has 0 atom stereocenters. The van der Waals surface area contributed by atoms with Crippen molar-refractivity contribution < 1.29 is 14.0 Å². The number of benzene rings is 7. The Balaban J connectivity index is 1.36. The highest BCUT2D eigenvalue weighted by Gasteiger charge is 2.24. The minimum atomic E-state index is -0.480. The lowest BCUT2D eigenvalue weighted by molar-refractivity contribution is 0.666. The SMILES string of the molecule is [2H]c1c([2H])c([2H])c2c(oc3c(-n4c5ccccc5c5ccc6c7ccccc7n(-c7nc(-c8ccccc8)nc(-c8ccccc8)n7)c6c54)c([2H])c([2H])c([2H])c32)c1[2H]. The van der Waals surface area contributed by atoms with Crippen molar-refractivity contribution in [2.75, 3.05) is 0 Å². The highest BCUT2D eigenvalue weighted by molar-refractivity contribution is 6.24. The molecule has 51 heavy (non-hydrogen) atoms. The van der Waals surface area contributed by atoms with Gasteiger partial charge in [0.05, 0.1) is 37.3 Å². The molecule has 0 amide bonds. The van der Waals surface area contributed by atoms with E-state index in [-0.39, 0.29) is 45.8 Å². The largest absolute Gasteiger partial charge is 0.454 e. The average Bonchev–Trinajstić information content (AvgIpc) is 3.94. The van der Waals surface area contributed by atoms with Crippen LogP contribution in [0.15, 0.2) is 168 Å². The Morgan fingerprint density at radius 3 is 1.67 bits per heavy atom. The molecule has 238 valence electrons. The van der Waals surface area contributed by atoms with Crippen LogP contribution in [0, 0.1) is 0 Å². The second-order valence-electron chi connectivity index (χ2n) is 12.3. The Morgan fingerprint density at radius 1 is 0.451 bits per heavy atom. The quantitative estimate of drug-likeness (QED) is 0.188. The van der Waals surface area contributed by atoms with Gasteiger partial charge in [-0.25, -0.2) is 4.98 Å². The predicted octanol–water partition coefficient (Wildman–Crippen LogP) is 11.3. The van der Waals surface area contributed by atoms with E-state index in [0.717, 1.165) is 38.2 Å². The molecule has 0 aliphatic rings. The summed E-state index contributed by atoms with van der Waals surface area (Å²) in [4.78, 5) is 15.2. The molecule has 0 bridgehead atoms. The van der Waals surface area contributed by atoms with E-state index in [0.29, 0.717) is 34.1 Å². The van der Waals surface area contributed by atoms with Crippen molar-refractivity contribution in [2.24, 2.45) is 0 Å². The van der Waals surface area contributed by atoms with E-state index in [1.54, 1.807) is 0 Å². The monoisotopic (exact) mass is 660 g/mol. The van der Waals surface area contributed by atoms with E-state index in [1.807, 2.05) is 124 Å². The Hall–Kier alpha value is -7.05. The van der Waals surface area contributed by atoms with Crippen LogP contribution in [0.5, 0.6) is 0 Å². The van der Waals surface area contributed by atoms with Crippen molar-refractivity contribution in [3.05, 3.63) is 164 Å². The Labute approximate surface area is 301 Å². The van der Waals surface area contributed by atoms with Crippen molar-refractivity contribution in [3.8, 4) is 34.4 Å². The molecule has 0 N–H and O–H groups in total.